The van der Waals surface area contributed by atoms with Gasteiger partial charge in [-0.05, 0) is 36.4 Å². The maximum Gasteiger partial charge on any atom is 0.231 e. The predicted octanol–water partition coefficient (Wildman–Crippen LogP) is 3.56. The minimum absolute atomic E-state index is 0.241. The number of nitrogens with one attached hydrogen (secondary N) is 1. The van der Waals surface area contributed by atoms with Crippen molar-refractivity contribution in [1.82, 2.24) is 19.9 Å². The van der Waals surface area contributed by atoms with Gasteiger partial charge in [0.05, 0.1) is 5.39 Å². The zero-order valence-electron chi connectivity index (χ0n) is 13.6. The van der Waals surface area contributed by atoms with Gasteiger partial charge in [-0.3, -0.25) is 4.98 Å². The Balaban J connectivity index is 1.62. The minimum atomic E-state index is 0.241. The molecule has 1 aromatic carbocycles. The Hall–Kier alpha value is -3.74. The molecule has 4 aromatic rings. The summed E-state index contributed by atoms with van der Waals surface area (Å²) in [5, 5.41) is 4.18. The van der Waals surface area contributed by atoms with Crippen molar-refractivity contribution in [3.05, 3.63) is 61.1 Å². The van der Waals surface area contributed by atoms with Crippen molar-refractivity contribution >= 4 is 22.5 Å². The molecule has 4 heterocycles. The van der Waals surface area contributed by atoms with Crippen molar-refractivity contribution < 1.29 is 9.47 Å². The van der Waals surface area contributed by atoms with Crippen LogP contribution in [0.2, 0.25) is 0 Å². The lowest BCUT2D eigenvalue weighted by molar-refractivity contribution is 0.174. The van der Waals surface area contributed by atoms with Gasteiger partial charge >= 0.3 is 0 Å². The molecule has 0 radical (unpaired) electrons. The number of benzene rings is 1. The molecule has 0 spiro atoms. The summed E-state index contributed by atoms with van der Waals surface area (Å²) in [6.45, 7) is 0.241. The monoisotopic (exact) mass is 343 g/mol. The molecule has 0 bridgehead atoms. The second-order valence-electron chi connectivity index (χ2n) is 5.70. The van der Waals surface area contributed by atoms with Gasteiger partial charge in [-0.25, -0.2) is 15.0 Å². The van der Waals surface area contributed by atoms with E-state index in [0.29, 0.717) is 23.0 Å². The van der Waals surface area contributed by atoms with E-state index in [1.807, 2.05) is 42.5 Å². The zero-order valence-corrected chi connectivity index (χ0v) is 13.6. The summed E-state index contributed by atoms with van der Waals surface area (Å²) < 4.78 is 10.8. The first-order valence-electron chi connectivity index (χ1n) is 8.07. The predicted molar refractivity (Wildman–Crippen MR) is 96.4 cm³/mol. The molecule has 1 aliphatic rings. The molecular weight excluding hydrogens is 330 g/mol. The maximum atomic E-state index is 5.44. The number of hydrogen-bond acceptors (Lipinski definition) is 7. The van der Waals surface area contributed by atoms with Crippen molar-refractivity contribution in [2.45, 2.75) is 0 Å². The summed E-state index contributed by atoms with van der Waals surface area (Å²) in [5.74, 6) is 2.71. The van der Waals surface area contributed by atoms with Gasteiger partial charge in [-0.15, -0.1) is 0 Å². The Kier molecular flexibility index (Phi) is 3.35. The Morgan fingerprint density at radius 3 is 2.69 bits per heavy atom. The fraction of sp³-hybridized carbons (Fsp3) is 0.0526. The van der Waals surface area contributed by atoms with Gasteiger partial charge in [-0.2, -0.15) is 0 Å². The van der Waals surface area contributed by atoms with Crippen LogP contribution in [0, 0.1) is 0 Å². The first kappa shape index (κ1) is 14.6. The molecule has 5 rings (SSSR count). The lowest BCUT2D eigenvalue weighted by Crippen LogP contribution is -2.00. The largest absolute Gasteiger partial charge is 0.454 e. The number of anilines is 2. The van der Waals surface area contributed by atoms with Gasteiger partial charge in [-0.1, -0.05) is 0 Å². The topological polar surface area (TPSA) is 82.1 Å². The van der Waals surface area contributed by atoms with E-state index in [0.717, 1.165) is 22.4 Å². The van der Waals surface area contributed by atoms with Gasteiger partial charge in [0, 0.05) is 35.9 Å². The second-order valence-corrected chi connectivity index (χ2v) is 5.70. The molecule has 0 saturated carbocycles. The van der Waals surface area contributed by atoms with Gasteiger partial charge in [0.1, 0.15) is 5.82 Å². The molecule has 126 valence electrons. The van der Waals surface area contributed by atoms with E-state index >= 15 is 0 Å². The Labute approximate surface area is 148 Å². The van der Waals surface area contributed by atoms with Crippen molar-refractivity contribution in [3.63, 3.8) is 0 Å². The molecule has 0 unspecified atom stereocenters. The van der Waals surface area contributed by atoms with Crippen LogP contribution in [0.3, 0.4) is 0 Å². The van der Waals surface area contributed by atoms with E-state index in [1.165, 1.54) is 0 Å². The Bertz CT molecular complexity index is 1100. The van der Waals surface area contributed by atoms with Crippen LogP contribution in [-0.4, -0.2) is 26.7 Å². The van der Waals surface area contributed by atoms with Crippen molar-refractivity contribution in [2.75, 3.05) is 12.1 Å². The van der Waals surface area contributed by atoms with Gasteiger partial charge in [0.15, 0.2) is 23.0 Å². The lowest BCUT2D eigenvalue weighted by atomic mass is 10.2. The molecule has 7 nitrogen and oxygen atoms in total. The fourth-order valence-corrected chi connectivity index (χ4v) is 2.80. The SMILES string of the molecule is c1cnc2nc(-c3ccncc3)nc(Nc3ccc4c(c3)OCO4)c2c1. The fourth-order valence-electron chi connectivity index (χ4n) is 2.80. The average molecular weight is 343 g/mol. The van der Waals surface area contributed by atoms with Crippen molar-refractivity contribution in [3.8, 4) is 22.9 Å². The molecule has 26 heavy (non-hydrogen) atoms. The number of nitrogens with zero attached hydrogens (tertiary/aromatic N) is 4. The van der Waals surface area contributed by atoms with Crippen LogP contribution in [0.4, 0.5) is 11.5 Å². The highest BCUT2D eigenvalue weighted by molar-refractivity contribution is 5.90. The summed E-state index contributed by atoms with van der Waals surface area (Å²) >= 11 is 0. The molecular formula is C19H13N5O2. The van der Waals surface area contributed by atoms with Gasteiger partial charge in [0.2, 0.25) is 6.79 Å². The standard InChI is InChI=1S/C19H13N5O2/c1-2-14-18(21-7-1)23-17(12-5-8-20-9-6-12)24-19(14)22-13-3-4-15-16(10-13)26-11-25-15/h1-10H,11H2,(H,21,22,23,24). The number of rotatable bonds is 3. The Morgan fingerprint density at radius 2 is 1.77 bits per heavy atom. The van der Waals surface area contributed by atoms with E-state index < -0.39 is 0 Å². The van der Waals surface area contributed by atoms with Crippen LogP contribution in [0.1, 0.15) is 0 Å². The van der Waals surface area contributed by atoms with Crippen molar-refractivity contribution in [1.29, 1.82) is 0 Å². The summed E-state index contributed by atoms with van der Waals surface area (Å²) in [4.78, 5) is 17.7. The van der Waals surface area contributed by atoms with Crippen LogP contribution in [0.5, 0.6) is 11.5 Å². The third kappa shape index (κ3) is 2.55. The first-order valence-corrected chi connectivity index (χ1v) is 8.07. The number of ether oxygens (including phenoxy) is 2. The number of aromatic nitrogens is 4. The van der Waals surface area contributed by atoms with E-state index in [9.17, 15) is 0 Å². The van der Waals surface area contributed by atoms with Crippen LogP contribution < -0.4 is 14.8 Å². The molecule has 0 atom stereocenters. The normalized spacial score (nSPS) is 12.3. The number of fused-ring (bicyclic) bond motifs is 2. The number of hydrogen-bond donors (Lipinski definition) is 1. The van der Waals surface area contributed by atoms with Gasteiger partial charge < -0.3 is 14.8 Å². The number of pyridine rings is 2. The van der Waals surface area contributed by atoms with E-state index in [-0.39, 0.29) is 6.79 Å². The first-order chi connectivity index (χ1) is 12.9. The third-order valence-electron chi connectivity index (χ3n) is 4.05. The highest BCUT2D eigenvalue weighted by Gasteiger charge is 2.15. The van der Waals surface area contributed by atoms with Gasteiger partial charge in [0.25, 0.3) is 0 Å². The molecule has 0 aliphatic carbocycles. The van der Waals surface area contributed by atoms with Crippen molar-refractivity contribution in [2.24, 2.45) is 0 Å². The Morgan fingerprint density at radius 1 is 0.885 bits per heavy atom. The van der Waals surface area contributed by atoms with E-state index in [4.69, 9.17) is 14.5 Å². The van der Waals surface area contributed by atoms with E-state index in [2.05, 4.69) is 20.3 Å². The summed E-state index contributed by atoms with van der Waals surface area (Å²) in [6.07, 6.45) is 5.15. The van der Waals surface area contributed by atoms with Crippen LogP contribution in [0.25, 0.3) is 22.4 Å². The highest BCUT2D eigenvalue weighted by Crippen LogP contribution is 2.35. The zero-order chi connectivity index (χ0) is 17.3. The van der Waals surface area contributed by atoms with Crippen LogP contribution >= 0.6 is 0 Å². The molecule has 1 N–H and O–H groups in total. The third-order valence-corrected chi connectivity index (χ3v) is 4.05. The quantitative estimate of drug-likeness (QED) is 0.609. The molecule has 7 heteroatoms. The van der Waals surface area contributed by atoms with E-state index in [1.54, 1.807) is 18.6 Å². The second kappa shape index (κ2) is 5.96. The maximum absolute atomic E-state index is 5.44. The van der Waals surface area contributed by atoms with Crippen LogP contribution in [-0.2, 0) is 0 Å². The summed E-state index contributed by atoms with van der Waals surface area (Å²) in [7, 11) is 0. The smallest absolute Gasteiger partial charge is 0.231 e. The lowest BCUT2D eigenvalue weighted by Gasteiger charge is -2.11. The summed E-state index contributed by atoms with van der Waals surface area (Å²) in [6, 6.07) is 13.2. The average Bonchev–Trinajstić information content (AvgIpc) is 3.16. The highest BCUT2D eigenvalue weighted by atomic mass is 16.7. The molecule has 3 aromatic heterocycles. The molecule has 0 saturated heterocycles. The minimum Gasteiger partial charge on any atom is -0.454 e. The molecule has 0 fully saturated rings. The van der Waals surface area contributed by atoms with Crippen LogP contribution in [0.15, 0.2) is 61.1 Å². The molecule has 0 amide bonds. The summed E-state index contributed by atoms with van der Waals surface area (Å²) in [5.41, 5.74) is 2.35. The molecule has 1 aliphatic heterocycles.